The molecule has 0 amide bonds. The Morgan fingerprint density at radius 3 is 1.04 bits per heavy atom. The first-order valence-electron chi connectivity index (χ1n) is 6.50. The van der Waals surface area contributed by atoms with Crippen LogP contribution in [0.15, 0.2) is 12.2 Å². The van der Waals surface area contributed by atoms with Crippen molar-refractivity contribution in [1.82, 2.24) is 0 Å². The zero-order valence-corrected chi connectivity index (χ0v) is 17.5. The summed E-state index contributed by atoms with van der Waals surface area (Å²) >= 11 is 0. The molecule has 0 aliphatic rings. The molecule has 0 fully saturated rings. The quantitative estimate of drug-likeness (QED) is 0.236. The summed E-state index contributed by atoms with van der Waals surface area (Å²) < 4.78 is 107. The minimum Gasteiger partial charge on any atom is -0.267 e. The lowest BCUT2D eigenvalue weighted by Crippen LogP contribution is -2.26. The van der Waals surface area contributed by atoms with Crippen LogP contribution < -0.4 is 0 Å². The predicted octanol–water partition coefficient (Wildman–Crippen LogP) is -1.82. The summed E-state index contributed by atoms with van der Waals surface area (Å²) in [5.41, 5.74) is 0. The van der Waals surface area contributed by atoms with Crippen molar-refractivity contribution in [2.75, 3.05) is 38.2 Å². The Morgan fingerprint density at radius 1 is 0.577 bits per heavy atom. The predicted molar refractivity (Wildman–Crippen MR) is 90.2 cm³/mol. The van der Waals surface area contributed by atoms with E-state index in [2.05, 4.69) is 16.7 Å². The first-order chi connectivity index (χ1) is 11.4. The van der Waals surface area contributed by atoms with Crippen molar-refractivity contribution in [1.29, 1.82) is 0 Å². The van der Waals surface area contributed by atoms with Crippen molar-refractivity contribution < 1.29 is 50.4 Å². The standard InChI is InChI=1S/C10H20O12S4/c1-23(11,12)19-7-9(21-25(3,15)16)5-6-10(22-26(4,17)18)8-20-24(2,13)14/h5-6,9-10H,7-8H2,1-4H3. The Bertz CT molecular complexity index is 819. The molecule has 0 aromatic heterocycles. The summed E-state index contributed by atoms with van der Waals surface area (Å²) in [7, 11) is -15.9. The fourth-order valence-corrected chi connectivity index (χ4v) is 3.21. The molecule has 0 aromatic carbocycles. The molecule has 0 aliphatic heterocycles. The average molecular weight is 461 g/mol. The third kappa shape index (κ3) is 16.8. The van der Waals surface area contributed by atoms with Gasteiger partial charge in [-0.3, -0.25) is 16.7 Å². The van der Waals surface area contributed by atoms with E-state index in [1.54, 1.807) is 0 Å². The van der Waals surface area contributed by atoms with E-state index in [9.17, 15) is 33.7 Å². The van der Waals surface area contributed by atoms with Crippen LogP contribution in [0.25, 0.3) is 0 Å². The van der Waals surface area contributed by atoms with Crippen LogP contribution in [0, 0.1) is 0 Å². The van der Waals surface area contributed by atoms with Gasteiger partial charge in [-0.25, -0.2) is 0 Å². The highest BCUT2D eigenvalue weighted by atomic mass is 32.2. The summed E-state index contributed by atoms with van der Waals surface area (Å²) in [6, 6.07) is 0. The molecule has 0 N–H and O–H groups in total. The van der Waals surface area contributed by atoms with Crippen molar-refractivity contribution in [3.8, 4) is 0 Å². The van der Waals surface area contributed by atoms with Crippen molar-refractivity contribution in [2.45, 2.75) is 12.2 Å². The number of hydrogen-bond donors (Lipinski definition) is 0. The molecule has 0 heterocycles. The highest BCUT2D eigenvalue weighted by molar-refractivity contribution is 7.86. The summed E-state index contributed by atoms with van der Waals surface area (Å²) in [6.07, 6.45) is 1.82. The number of hydrogen-bond acceptors (Lipinski definition) is 12. The molecule has 12 nitrogen and oxygen atoms in total. The molecular formula is C10H20O12S4. The van der Waals surface area contributed by atoms with E-state index in [1.807, 2.05) is 0 Å². The molecule has 0 saturated heterocycles. The topological polar surface area (TPSA) is 173 Å². The maximum Gasteiger partial charge on any atom is 0.265 e. The molecule has 0 bridgehead atoms. The Kier molecular flexibility index (Phi) is 9.31. The van der Waals surface area contributed by atoms with Crippen LogP contribution in [0.2, 0.25) is 0 Å². The zero-order chi connectivity index (χ0) is 20.8. The molecule has 0 aromatic rings. The molecule has 26 heavy (non-hydrogen) atoms. The monoisotopic (exact) mass is 460 g/mol. The zero-order valence-electron chi connectivity index (χ0n) is 14.3. The van der Waals surface area contributed by atoms with E-state index in [1.165, 1.54) is 0 Å². The third-order valence-electron chi connectivity index (χ3n) is 2.03. The first-order valence-corrected chi connectivity index (χ1v) is 13.8. The van der Waals surface area contributed by atoms with Crippen LogP contribution in [0.1, 0.15) is 0 Å². The lowest BCUT2D eigenvalue weighted by atomic mass is 10.3. The van der Waals surface area contributed by atoms with Gasteiger partial charge >= 0.3 is 0 Å². The van der Waals surface area contributed by atoms with E-state index < -0.39 is 65.9 Å². The van der Waals surface area contributed by atoms with Crippen LogP contribution in [0.5, 0.6) is 0 Å². The lowest BCUT2D eigenvalue weighted by Gasteiger charge is -2.15. The average Bonchev–Trinajstić information content (AvgIpc) is 2.33. The maximum absolute atomic E-state index is 11.2. The fraction of sp³-hybridized carbons (Fsp3) is 0.800. The molecule has 156 valence electrons. The van der Waals surface area contributed by atoms with Gasteiger partial charge in [0.2, 0.25) is 0 Å². The van der Waals surface area contributed by atoms with Crippen molar-refractivity contribution in [3.05, 3.63) is 12.2 Å². The molecule has 0 saturated carbocycles. The van der Waals surface area contributed by atoms with E-state index in [0.29, 0.717) is 12.5 Å². The fourth-order valence-electron chi connectivity index (χ4n) is 1.31. The van der Waals surface area contributed by atoms with Gasteiger partial charge in [-0.2, -0.15) is 33.7 Å². The molecule has 2 unspecified atom stereocenters. The highest BCUT2D eigenvalue weighted by Crippen LogP contribution is 2.08. The smallest absolute Gasteiger partial charge is 0.265 e. The van der Waals surface area contributed by atoms with Gasteiger partial charge in [0.15, 0.2) is 0 Å². The minimum atomic E-state index is -4.02. The maximum atomic E-state index is 11.2. The normalized spacial score (nSPS) is 16.6. The molecule has 0 radical (unpaired) electrons. The SMILES string of the molecule is CS(=O)(=O)OCC(C=CC(COS(C)(=O)=O)OS(C)(=O)=O)OS(C)(=O)=O. The molecule has 0 rings (SSSR count). The van der Waals surface area contributed by atoms with Gasteiger partial charge in [0.25, 0.3) is 40.5 Å². The highest BCUT2D eigenvalue weighted by Gasteiger charge is 2.19. The van der Waals surface area contributed by atoms with Crippen LogP contribution in [0.4, 0.5) is 0 Å². The molecule has 2 atom stereocenters. The minimum absolute atomic E-state index is 0.700. The van der Waals surface area contributed by atoms with Gasteiger partial charge in [-0.1, -0.05) is 12.2 Å². The number of rotatable bonds is 12. The lowest BCUT2D eigenvalue weighted by molar-refractivity contribution is 0.163. The third-order valence-corrected chi connectivity index (χ3v) is 4.35. The second kappa shape index (κ2) is 9.54. The van der Waals surface area contributed by atoms with Gasteiger partial charge in [-0.15, -0.1) is 0 Å². The van der Waals surface area contributed by atoms with Crippen LogP contribution in [-0.2, 0) is 57.2 Å². The van der Waals surface area contributed by atoms with E-state index >= 15 is 0 Å². The van der Waals surface area contributed by atoms with Gasteiger partial charge < -0.3 is 0 Å². The Labute approximate surface area is 153 Å². The van der Waals surface area contributed by atoms with Gasteiger partial charge in [-0.05, 0) is 0 Å². The molecule has 0 spiro atoms. The van der Waals surface area contributed by atoms with Crippen molar-refractivity contribution in [3.63, 3.8) is 0 Å². The largest absolute Gasteiger partial charge is 0.267 e. The van der Waals surface area contributed by atoms with Gasteiger partial charge in [0.1, 0.15) is 12.2 Å². The Hall–Kier alpha value is -0.620. The van der Waals surface area contributed by atoms with Crippen LogP contribution in [0.3, 0.4) is 0 Å². The van der Waals surface area contributed by atoms with Crippen molar-refractivity contribution >= 4 is 40.5 Å². The van der Waals surface area contributed by atoms with Gasteiger partial charge in [0.05, 0.1) is 38.2 Å². The van der Waals surface area contributed by atoms with Gasteiger partial charge in [0, 0.05) is 0 Å². The molecule has 0 aliphatic carbocycles. The second-order valence-corrected chi connectivity index (χ2v) is 11.5. The summed E-state index contributed by atoms with van der Waals surface area (Å²) in [4.78, 5) is 0. The Balaban J connectivity index is 5.39. The van der Waals surface area contributed by atoms with E-state index in [-0.39, 0.29) is 0 Å². The summed E-state index contributed by atoms with van der Waals surface area (Å²) in [5, 5.41) is 0. The second-order valence-electron chi connectivity index (χ2n) is 5.04. The summed E-state index contributed by atoms with van der Waals surface area (Å²) in [5.74, 6) is 0. The van der Waals surface area contributed by atoms with Crippen LogP contribution >= 0.6 is 0 Å². The Morgan fingerprint density at radius 2 is 0.846 bits per heavy atom. The summed E-state index contributed by atoms with van der Waals surface area (Å²) in [6.45, 7) is -1.47. The molecular weight excluding hydrogens is 440 g/mol. The first kappa shape index (κ1) is 25.4. The van der Waals surface area contributed by atoms with E-state index in [0.717, 1.165) is 24.7 Å². The molecule has 16 heteroatoms. The van der Waals surface area contributed by atoms with Crippen molar-refractivity contribution in [2.24, 2.45) is 0 Å². The van der Waals surface area contributed by atoms with Crippen LogP contribution in [-0.4, -0.2) is 84.1 Å². The van der Waals surface area contributed by atoms with E-state index in [4.69, 9.17) is 0 Å².